The van der Waals surface area contributed by atoms with E-state index in [1.807, 2.05) is 0 Å². The highest BCUT2D eigenvalue weighted by molar-refractivity contribution is 5.26. The molecule has 0 aromatic rings. The molecule has 28 heavy (non-hydrogen) atoms. The van der Waals surface area contributed by atoms with Crippen molar-refractivity contribution in [1.82, 2.24) is 0 Å². The molecule has 3 aliphatic carbocycles. The van der Waals surface area contributed by atoms with Crippen molar-refractivity contribution in [1.29, 1.82) is 0 Å². The molecule has 0 aliphatic heterocycles. The summed E-state index contributed by atoms with van der Waals surface area (Å²) in [5.74, 6) is 3.29. The van der Waals surface area contributed by atoms with Crippen molar-refractivity contribution < 1.29 is 10.2 Å². The Hall–Kier alpha value is -0.600. The summed E-state index contributed by atoms with van der Waals surface area (Å²) in [5.41, 5.74) is 3.35. The Morgan fingerprint density at radius 3 is 2.43 bits per heavy atom. The number of aliphatic hydroxyl groups excluding tert-OH is 2. The van der Waals surface area contributed by atoms with E-state index in [9.17, 15) is 10.2 Å². The molecule has 3 saturated carbocycles. The summed E-state index contributed by atoms with van der Waals surface area (Å²) in [5, 5.41) is 19.9. The van der Waals surface area contributed by atoms with E-state index in [1.54, 1.807) is 5.57 Å². The molecule has 2 unspecified atom stereocenters. The van der Waals surface area contributed by atoms with Crippen LogP contribution in [0.25, 0.3) is 0 Å². The molecule has 6 atom stereocenters. The standard InChI is InChI=1S/C26H44O2/c1-18(2)7-5-8-19(3)24-12-13-25-21(9-6-14-26(24,25)4)11-10-20-15-22(27)17-23(28)16-20/h10-11,18-19,22-25,27-28H,5-9,12-17H2,1-4H3/b20-10-,21-11+/t19-,22-,23?,24-,25?,26-/m1/s1. The first kappa shape index (κ1) is 22.1. The Morgan fingerprint density at radius 2 is 1.75 bits per heavy atom. The van der Waals surface area contributed by atoms with Crippen LogP contribution >= 0.6 is 0 Å². The summed E-state index contributed by atoms with van der Waals surface area (Å²) in [6, 6.07) is 0. The third kappa shape index (κ3) is 5.11. The van der Waals surface area contributed by atoms with Crippen molar-refractivity contribution in [2.24, 2.45) is 29.1 Å². The maximum atomic E-state index is 9.96. The van der Waals surface area contributed by atoms with Gasteiger partial charge in [0.05, 0.1) is 12.2 Å². The van der Waals surface area contributed by atoms with Crippen LogP contribution in [0, 0.1) is 29.1 Å². The molecular formula is C26H44O2. The van der Waals surface area contributed by atoms with E-state index in [2.05, 4.69) is 39.8 Å². The predicted octanol–water partition coefficient (Wildman–Crippen LogP) is 6.42. The van der Waals surface area contributed by atoms with Crippen molar-refractivity contribution in [3.63, 3.8) is 0 Å². The monoisotopic (exact) mass is 388 g/mol. The SMILES string of the molecule is CC(C)CCC[C@@H](C)[C@H]1CCC2/C(=C/C=C3\CC(O)C[C@H](O)C3)CCC[C@@]21C. The van der Waals surface area contributed by atoms with E-state index in [0.717, 1.165) is 36.5 Å². The van der Waals surface area contributed by atoms with E-state index in [0.29, 0.717) is 11.8 Å². The second-order valence-electron chi connectivity index (χ2n) is 10.9. The highest BCUT2D eigenvalue weighted by Gasteiger charge is 2.50. The second-order valence-corrected chi connectivity index (χ2v) is 10.9. The van der Waals surface area contributed by atoms with E-state index in [4.69, 9.17) is 0 Å². The number of fused-ring (bicyclic) bond motifs is 1. The Bertz CT molecular complexity index is 563. The molecule has 0 bridgehead atoms. The van der Waals surface area contributed by atoms with Gasteiger partial charge in [-0.15, -0.1) is 0 Å². The summed E-state index contributed by atoms with van der Waals surface area (Å²) in [6.45, 7) is 9.79. The maximum Gasteiger partial charge on any atom is 0.0602 e. The van der Waals surface area contributed by atoms with E-state index in [-0.39, 0.29) is 12.2 Å². The summed E-state index contributed by atoms with van der Waals surface area (Å²) in [4.78, 5) is 0. The molecule has 0 amide bonds. The Kier molecular flexibility index (Phi) is 7.48. The fourth-order valence-corrected chi connectivity index (χ4v) is 6.79. The minimum Gasteiger partial charge on any atom is -0.393 e. The Morgan fingerprint density at radius 1 is 1.04 bits per heavy atom. The topological polar surface area (TPSA) is 40.5 Å². The van der Waals surface area contributed by atoms with E-state index in [1.165, 1.54) is 56.9 Å². The van der Waals surface area contributed by atoms with E-state index < -0.39 is 0 Å². The van der Waals surface area contributed by atoms with Gasteiger partial charge in [0.15, 0.2) is 0 Å². The third-order valence-electron chi connectivity index (χ3n) is 8.24. The van der Waals surface area contributed by atoms with Crippen LogP contribution < -0.4 is 0 Å². The van der Waals surface area contributed by atoms with Crippen LogP contribution in [0.3, 0.4) is 0 Å². The first-order valence-corrected chi connectivity index (χ1v) is 12.0. The first-order valence-electron chi connectivity index (χ1n) is 12.0. The van der Waals surface area contributed by atoms with Gasteiger partial charge in [-0.1, -0.05) is 70.3 Å². The van der Waals surface area contributed by atoms with Gasteiger partial charge < -0.3 is 10.2 Å². The normalized spacial score (nSPS) is 40.2. The Balaban J connectivity index is 1.67. The highest BCUT2D eigenvalue weighted by atomic mass is 16.3. The number of rotatable bonds is 6. The lowest BCUT2D eigenvalue weighted by molar-refractivity contribution is 0.0609. The minimum absolute atomic E-state index is 0.368. The zero-order chi connectivity index (χ0) is 20.3. The molecule has 3 rings (SSSR count). The quantitative estimate of drug-likeness (QED) is 0.551. The first-order chi connectivity index (χ1) is 13.3. The summed E-state index contributed by atoms with van der Waals surface area (Å²) < 4.78 is 0. The van der Waals surface area contributed by atoms with Crippen LogP contribution in [-0.4, -0.2) is 22.4 Å². The van der Waals surface area contributed by atoms with Crippen molar-refractivity contribution in [3.05, 3.63) is 23.3 Å². The smallest absolute Gasteiger partial charge is 0.0602 e. The molecule has 0 saturated heterocycles. The number of aliphatic hydroxyl groups is 2. The average molecular weight is 389 g/mol. The molecule has 0 spiro atoms. The predicted molar refractivity (Wildman–Crippen MR) is 118 cm³/mol. The van der Waals surface area contributed by atoms with Crippen LogP contribution in [0.5, 0.6) is 0 Å². The molecular weight excluding hydrogens is 344 g/mol. The zero-order valence-electron chi connectivity index (χ0n) is 18.8. The van der Waals surface area contributed by atoms with Gasteiger partial charge in [-0.3, -0.25) is 0 Å². The fraction of sp³-hybridized carbons (Fsp3) is 0.846. The number of hydrogen-bond donors (Lipinski definition) is 2. The van der Waals surface area contributed by atoms with Crippen LogP contribution in [0.15, 0.2) is 23.3 Å². The lowest BCUT2D eigenvalue weighted by Gasteiger charge is -2.44. The maximum absolute atomic E-state index is 9.96. The number of allylic oxidation sites excluding steroid dienone is 3. The van der Waals surface area contributed by atoms with Gasteiger partial charge in [0, 0.05) is 0 Å². The minimum atomic E-state index is -0.368. The van der Waals surface area contributed by atoms with Gasteiger partial charge in [0.25, 0.3) is 0 Å². The van der Waals surface area contributed by atoms with Gasteiger partial charge in [-0.05, 0) is 80.5 Å². The molecule has 2 N–H and O–H groups in total. The molecule has 0 aromatic heterocycles. The van der Waals surface area contributed by atoms with Gasteiger partial charge >= 0.3 is 0 Å². The van der Waals surface area contributed by atoms with Crippen molar-refractivity contribution >= 4 is 0 Å². The van der Waals surface area contributed by atoms with Crippen molar-refractivity contribution in [2.45, 2.75) is 111 Å². The van der Waals surface area contributed by atoms with Gasteiger partial charge in [-0.2, -0.15) is 0 Å². The molecule has 2 heteroatoms. The average Bonchev–Trinajstić information content (AvgIpc) is 2.96. The highest BCUT2D eigenvalue weighted by Crippen LogP contribution is 2.59. The van der Waals surface area contributed by atoms with Gasteiger partial charge in [0.1, 0.15) is 0 Å². The number of hydrogen-bond acceptors (Lipinski definition) is 2. The van der Waals surface area contributed by atoms with Crippen molar-refractivity contribution in [2.75, 3.05) is 0 Å². The lowest BCUT2D eigenvalue weighted by Crippen LogP contribution is -2.36. The molecule has 0 heterocycles. The van der Waals surface area contributed by atoms with Gasteiger partial charge in [0.2, 0.25) is 0 Å². The largest absolute Gasteiger partial charge is 0.393 e. The van der Waals surface area contributed by atoms with Crippen LogP contribution in [0.4, 0.5) is 0 Å². The molecule has 160 valence electrons. The van der Waals surface area contributed by atoms with E-state index >= 15 is 0 Å². The summed E-state index contributed by atoms with van der Waals surface area (Å²) in [6.07, 6.45) is 16.7. The second kappa shape index (κ2) is 9.47. The molecule has 3 aliphatic rings. The molecule has 0 aromatic carbocycles. The fourth-order valence-electron chi connectivity index (χ4n) is 6.79. The van der Waals surface area contributed by atoms with Crippen molar-refractivity contribution in [3.8, 4) is 0 Å². The molecule has 2 nitrogen and oxygen atoms in total. The van der Waals surface area contributed by atoms with Crippen LogP contribution in [0.2, 0.25) is 0 Å². The summed E-state index contributed by atoms with van der Waals surface area (Å²) >= 11 is 0. The molecule has 3 fully saturated rings. The molecule has 0 radical (unpaired) electrons. The zero-order valence-corrected chi connectivity index (χ0v) is 18.8. The third-order valence-corrected chi connectivity index (χ3v) is 8.24. The Labute approximate surface area is 173 Å². The van der Waals surface area contributed by atoms with Crippen LogP contribution in [-0.2, 0) is 0 Å². The van der Waals surface area contributed by atoms with Crippen LogP contribution in [0.1, 0.15) is 98.3 Å². The summed E-state index contributed by atoms with van der Waals surface area (Å²) in [7, 11) is 0. The lowest BCUT2D eigenvalue weighted by atomic mass is 9.60. The van der Waals surface area contributed by atoms with Gasteiger partial charge in [-0.25, -0.2) is 0 Å².